The summed E-state index contributed by atoms with van der Waals surface area (Å²) >= 11 is 0. The lowest BCUT2D eigenvalue weighted by Crippen LogP contribution is -1.86. The molecule has 1 N–H and O–H groups in total. The summed E-state index contributed by atoms with van der Waals surface area (Å²) in [5, 5.41) is 9.46. The third-order valence-electron chi connectivity index (χ3n) is 2.31. The first-order valence-corrected chi connectivity index (χ1v) is 5.62. The zero-order valence-electron chi connectivity index (χ0n) is 9.32. The van der Waals surface area contributed by atoms with Gasteiger partial charge in [-0.3, -0.25) is 4.99 Å². The fourth-order valence-corrected chi connectivity index (χ4v) is 1.39. The van der Waals surface area contributed by atoms with E-state index in [2.05, 4.69) is 11.9 Å². The van der Waals surface area contributed by atoms with Crippen molar-refractivity contribution in [1.29, 1.82) is 0 Å². The van der Waals surface area contributed by atoms with Gasteiger partial charge in [-0.2, -0.15) is 0 Å². The average molecular weight is 205 g/mol. The molecule has 0 radical (unpaired) electrons. The molecule has 0 fully saturated rings. The Hall–Kier alpha value is -1.31. The van der Waals surface area contributed by atoms with Gasteiger partial charge in [0.25, 0.3) is 0 Å². The summed E-state index contributed by atoms with van der Waals surface area (Å²) in [6.07, 6.45) is 6.67. The zero-order valence-corrected chi connectivity index (χ0v) is 9.32. The smallest absolute Gasteiger partial charge is 0.124 e. The normalized spacial score (nSPS) is 11.0. The van der Waals surface area contributed by atoms with Crippen LogP contribution in [0.15, 0.2) is 29.3 Å². The van der Waals surface area contributed by atoms with Crippen LogP contribution in [0.5, 0.6) is 5.75 Å². The Balaban J connectivity index is 2.29. The second kappa shape index (κ2) is 7.04. The first kappa shape index (κ1) is 11.8. The number of para-hydroxylation sites is 1. The molecule has 0 atom stereocenters. The van der Waals surface area contributed by atoms with Gasteiger partial charge in [-0.15, -0.1) is 0 Å². The first-order chi connectivity index (χ1) is 7.34. The Labute approximate surface area is 91.7 Å². The molecule has 1 rings (SSSR count). The molecule has 0 saturated heterocycles. The molecule has 2 nitrogen and oxygen atoms in total. The van der Waals surface area contributed by atoms with Gasteiger partial charge in [0.2, 0.25) is 0 Å². The highest BCUT2D eigenvalue weighted by Gasteiger charge is 1.93. The molecule has 82 valence electrons. The first-order valence-electron chi connectivity index (χ1n) is 5.62. The predicted molar refractivity (Wildman–Crippen MR) is 64.7 cm³/mol. The number of rotatable bonds is 6. The van der Waals surface area contributed by atoms with Crippen LogP contribution in [0.25, 0.3) is 0 Å². The third kappa shape index (κ3) is 4.63. The highest BCUT2D eigenvalue weighted by atomic mass is 16.3. The number of unbranched alkanes of at least 4 members (excludes halogenated alkanes) is 3. The summed E-state index contributed by atoms with van der Waals surface area (Å²) in [6.45, 7) is 3.06. The molecule has 0 aliphatic rings. The number of aliphatic imine (C=N–C) groups is 1. The fourth-order valence-electron chi connectivity index (χ4n) is 1.39. The Morgan fingerprint density at radius 3 is 2.73 bits per heavy atom. The van der Waals surface area contributed by atoms with Crippen LogP contribution in [0.4, 0.5) is 0 Å². The Morgan fingerprint density at radius 2 is 2.00 bits per heavy atom. The molecule has 0 bridgehead atoms. The standard InChI is InChI=1S/C13H19NO/c1-2-3-4-7-10-14-11-12-8-5-6-9-13(12)15/h5-6,8-9,11,15H,2-4,7,10H2,1H3. The molecule has 15 heavy (non-hydrogen) atoms. The number of phenolic OH excluding ortho intramolecular Hbond substituents is 1. The van der Waals surface area contributed by atoms with Crippen molar-refractivity contribution in [3.05, 3.63) is 29.8 Å². The van der Waals surface area contributed by atoms with Crippen molar-refractivity contribution in [3.63, 3.8) is 0 Å². The van der Waals surface area contributed by atoms with E-state index in [1.165, 1.54) is 19.3 Å². The van der Waals surface area contributed by atoms with Crippen LogP contribution in [-0.2, 0) is 0 Å². The summed E-state index contributed by atoms with van der Waals surface area (Å²) in [5.74, 6) is 0.301. The Bertz CT molecular complexity index is 307. The predicted octanol–water partition coefficient (Wildman–Crippen LogP) is 3.39. The van der Waals surface area contributed by atoms with E-state index in [1.807, 2.05) is 18.2 Å². The zero-order chi connectivity index (χ0) is 10.9. The maximum absolute atomic E-state index is 9.46. The van der Waals surface area contributed by atoms with Gasteiger partial charge in [-0.1, -0.05) is 38.3 Å². The van der Waals surface area contributed by atoms with Gasteiger partial charge in [0, 0.05) is 18.3 Å². The van der Waals surface area contributed by atoms with Gasteiger partial charge in [-0.25, -0.2) is 0 Å². The molecule has 0 unspecified atom stereocenters. The largest absolute Gasteiger partial charge is 0.507 e. The third-order valence-corrected chi connectivity index (χ3v) is 2.31. The lowest BCUT2D eigenvalue weighted by Gasteiger charge is -1.97. The van der Waals surface area contributed by atoms with Crippen LogP contribution in [0.1, 0.15) is 38.2 Å². The van der Waals surface area contributed by atoms with E-state index >= 15 is 0 Å². The molecule has 0 heterocycles. The quantitative estimate of drug-likeness (QED) is 0.560. The van der Waals surface area contributed by atoms with Gasteiger partial charge in [0.15, 0.2) is 0 Å². The van der Waals surface area contributed by atoms with Crippen molar-refractivity contribution < 1.29 is 5.11 Å². The molecule has 1 aromatic carbocycles. The van der Waals surface area contributed by atoms with Crippen molar-refractivity contribution in [2.75, 3.05) is 6.54 Å². The summed E-state index contributed by atoms with van der Waals surface area (Å²) in [7, 11) is 0. The maximum Gasteiger partial charge on any atom is 0.124 e. The molecule has 0 aliphatic heterocycles. The topological polar surface area (TPSA) is 32.6 Å². The molecule has 0 aromatic heterocycles. The molecule has 0 aliphatic carbocycles. The second-order valence-corrected chi connectivity index (χ2v) is 3.65. The highest BCUT2D eigenvalue weighted by molar-refractivity contribution is 5.83. The van der Waals surface area contributed by atoms with Gasteiger partial charge in [0.05, 0.1) is 0 Å². The van der Waals surface area contributed by atoms with E-state index in [4.69, 9.17) is 0 Å². The lowest BCUT2D eigenvalue weighted by molar-refractivity contribution is 0.474. The minimum absolute atomic E-state index is 0.301. The minimum Gasteiger partial charge on any atom is -0.507 e. The number of phenols is 1. The van der Waals surface area contributed by atoms with Crippen LogP contribution >= 0.6 is 0 Å². The SMILES string of the molecule is CCCCCCN=Cc1ccccc1O. The second-order valence-electron chi connectivity index (χ2n) is 3.65. The Morgan fingerprint density at radius 1 is 1.20 bits per heavy atom. The van der Waals surface area contributed by atoms with Crippen LogP contribution in [0, 0.1) is 0 Å². The average Bonchev–Trinajstić information content (AvgIpc) is 2.25. The van der Waals surface area contributed by atoms with E-state index < -0.39 is 0 Å². The van der Waals surface area contributed by atoms with Crippen LogP contribution in [-0.4, -0.2) is 17.9 Å². The maximum atomic E-state index is 9.46. The number of hydrogen-bond acceptors (Lipinski definition) is 2. The molecular weight excluding hydrogens is 186 g/mol. The van der Waals surface area contributed by atoms with E-state index in [-0.39, 0.29) is 0 Å². The highest BCUT2D eigenvalue weighted by Crippen LogP contribution is 2.12. The van der Waals surface area contributed by atoms with E-state index in [9.17, 15) is 5.11 Å². The summed E-state index contributed by atoms with van der Waals surface area (Å²) in [4.78, 5) is 4.29. The van der Waals surface area contributed by atoms with Gasteiger partial charge in [-0.05, 0) is 18.6 Å². The molecule has 1 aromatic rings. The molecule has 0 spiro atoms. The monoisotopic (exact) mass is 205 g/mol. The molecule has 2 heteroatoms. The number of benzene rings is 1. The van der Waals surface area contributed by atoms with E-state index in [0.717, 1.165) is 18.5 Å². The van der Waals surface area contributed by atoms with E-state index in [1.54, 1.807) is 12.3 Å². The lowest BCUT2D eigenvalue weighted by atomic mass is 10.2. The van der Waals surface area contributed by atoms with Crippen molar-refractivity contribution in [2.45, 2.75) is 32.6 Å². The fraction of sp³-hybridized carbons (Fsp3) is 0.462. The van der Waals surface area contributed by atoms with Crippen LogP contribution < -0.4 is 0 Å². The van der Waals surface area contributed by atoms with Crippen LogP contribution in [0.3, 0.4) is 0 Å². The van der Waals surface area contributed by atoms with Crippen molar-refractivity contribution in [2.24, 2.45) is 4.99 Å². The molecule has 0 amide bonds. The number of hydrogen-bond donors (Lipinski definition) is 1. The summed E-state index contributed by atoms with van der Waals surface area (Å²) in [6, 6.07) is 7.26. The Kier molecular flexibility index (Phi) is 5.52. The summed E-state index contributed by atoms with van der Waals surface area (Å²) in [5.41, 5.74) is 0.799. The minimum atomic E-state index is 0.301. The van der Waals surface area contributed by atoms with Gasteiger partial charge < -0.3 is 5.11 Å². The summed E-state index contributed by atoms with van der Waals surface area (Å²) < 4.78 is 0. The number of nitrogens with zero attached hydrogens (tertiary/aromatic N) is 1. The van der Waals surface area contributed by atoms with Crippen LogP contribution in [0.2, 0.25) is 0 Å². The van der Waals surface area contributed by atoms with Crippen molar-refractivity contribution >= 4 is 6.21 Å². The molecule has 0 saturated carbocycles. The van der Waals surface area contributed by atoms with Gasteiger partial charge >= 0.3 is 0 Å². The van der Waals surface area contributed by atoms with Crippen molar-refractivity contribution in [3.8, 4) is 5.75 Å². The van der Waals surface area contributed by atoms with Crippen molar-refractivity contribution in [1.82, 2.24) is 0 Å². The van der Waals surface area contributed by atoms with Gasteiger partial charge in [0.1, 0.15) is 5.75 Å². The number of aromatic hydroxyl groups is 1. The van der Waals surface area contributed by atoms with E-state index in [0.29, 0.717) is 5.75 Å². The molecular formula is C13H19NO.